The zero-order chi connectivity index (χ0) is 22.6. The van der Waals surface area contributed by atoms with Crippen LogP contribution in [0.25, 0.3) is 16.7 Å². The molecule has 2 atom stereocenters. The number of rotatable bonds is 6. The lowest BCUT2D eigenvalue weighted by molar-refractivity contribution is 0.257. The van der Waals surface area contributed by atoms with Crippen molar-refractivity contribution < 1.29 is 0 Å². The van der Waals surface area contributed by atoms with Crippen LogP contribution in [-0.2, 0) is 6.54 Å². The SMILES string of the molecule is N/C(=C\C=NCc1ccccc1)c1cn(C2CCC(C3CCNCC3)C2)c2nc(Cl)ncc12. The van der Waals surface area contributed by atoms with Crippen molar-refractivity contribution in [2.45, 2.75) is 44.7 Å². The number of hydrogen-bond donors (Lipinski definition) is 2. The minimum Gasteiger partial charge on any atom is -0.398 e. The normalized spacial score (nSPS) is 22.5. The molecule has 7 heteroatoms. The third-order valence-corrected chi connectivity index (χ3v) is 7.40. The van der Waals surface area contributed by atoms with E-state index in [2.05, 4.69) is 43.2 Å². The van der Waals surface area contributed by atoms with Gasteiger partial charge < -0.3 is 15.6 Å². The lowest BCUT2D eigenvalue weighted by atomic mass is 9.84. The van der Waals surface area contributed by atoms with Gasteiger partial charge in [0.1, 0.15) is 5.65 Å². The fourth-order valence-electron chi connectivity index (χ4n) is 5.47. The molecule has 2 fully saturated rings. The highest BCUT2D eigenvalue weighted by Crippen LogP contribution is 2.43. The Kier molecular flexibility index (Phi) is 6.74. The summed E-state index contributed by atoms with van der Waals surface area (Å²) in [6, 6.07) is 10.6. The maximum atomic E-state index is 6.50. The zero-order valence-electron chi connectivity index (χ0n) is 18.8. The van der Waals surface area contributed by atoms with Gasteiger partial charge in [0.25, 0.3) is 0 Å². The molecule has 0 spiro atoms. The summed E-state index contributed by atoms with van der Waals surface area (Å²) in [5, 5.41) is 4.70. The summed E-state index contributed by atoms with van der Waals surface area (Å²) in [5.74, 6) is 1.62. The number of aliphatic imine (C=N–C) groups is 1. The molecule has 6 nitrogen and oxygen atoms in total. The van der Waals surface area contributed by atoms with E-state index in [1.165, 1.54) is 37.7 Å². The van der Waals surface area contributed by atoms with Gasteiger partial charge >= 0.3 is 0 Å². The van der Waals surface area contributed by atoms with E-state index in [-0.39, 0.29) is 5.28 Å². The topological polar surface area (TPSA) is 81.1 Å². The second-order valence-electron chi connectivity index (χ2n) is 9.24. The van der Waals surface area contributed by atoms with Gasteiger partial charge in [-0.3, -0.25) is 4.99 Å². The van der Waals surface area contributed by atoms with E-state index in [9.17, 15) is 0 Å². The predicted octanol–water partition coefficient (Wildman–Crippen LogP) is 5.00. The Balaban J connectivity index is 1.37. The van der Waals surface area contributed by atoms with Crippen LogP contribution in [0.1, 0.15) is 49.3 Å². The Bertz CT molecular complexity index is 1150. The summed E-state index contributed by atoms with van der Waals surface area (Å²) in [4.78, 5) is 13.3. The number of piperidine rings is 1. The molecule has 3 aromatic rings. The van der Waals surface area contributed by atoms with Crippen LogP contribution in [0.5, 0.6) is 0 Å². The number of benzene rings is 1. The van der Waals surface area contributed by atoms with Crippen LogP contribution in [0.4, 0.5) is 0 Å². The third kappa shape index (κ3) is 4.97. The van der Waals surface area contributed by atoms with Gasteiger partial charge in [-0.1, -0.05) is 30.3 Å². The summed E-state index contributed by atoms with van der Waals surface area (Å²) in [5.41, 5.74) is 10.1. The molecule has 0 bridgehead atoms. The second kappa shape index (κ2) is 10.1. The van der Waals surface area contributed by atoms with Crippen LogP contribution in [-0.4, -0.2) is 33.8 Å². The van der Waals surface area contributed by atoms with Crippen LogP contribution in [0.2, 0.25) is 5.28 Å². The Morgan fingerprint density at radius 3 is 2.79 bits per heavy atom. The van der Waals surface area contributed by atoms with Crippen LogP contribution >= 0.6 is 11.6 Å². The first-order valence-corrected chi connectivity index (χ1v) is 12.3. The molecule has 5 rings (SSSR count). The molecular weight excluding hydrogens is 432 g/mol. The molecule has 0 radical (unpaired) electrons. The number of nitrogens with zero attached hydrogens (tertiary/aromatic N) is 4. The van der Waals surface area contributed by atoms with Crippen molar-refractivity contribution in [2.75, 3.05) is 13.1 Å². The first kappa shape index (κ1) is 22.1. The highest BCUT2D eigenvalue weighted by molar-refractivity contribution is 6.28. The minimum atomic E-state index is 0.272. The van der Waals surface area contributed by atoms with Crippen molar-refractivity contribution in [3.05, 3.63) is 65.2 Å². The van der Waals surface area contributed by atoms with Crippen molar-refractivity contribution in [3.8, 4) is 0 Å². The van der Waals surface area contributed by atoms with Gasteiger partial charge in [-0.25, -0.2) is 4.98 Å². The average molecular weight is 463 g/mol. The molecule has 3 N–H and O–H groups in total. The number of hydrogen-bond acceptors (Lipinski definition) is 5. The number of halogens is 1. The van der Waals surface area contributed by atoms with Crippen molar-refractivity contribution in [3.63, 3.8) is 0 Å². The first-order valence-electron chi connectivity index (χ1n) is 11.9. The summed E-state index contributed by atoms with van der Waals surface area (Å²) < 4.78 is 2.29. The number of nitrogens with two attached hydrogens (primary N) is 1. The van der Waals surface area contributed by atoms with E-state index in [0.717, 1.165) is 41.5 Å². The van der Waals surface area contributed by atoms with Gasteiger partial charge in [0.2, 0.25) is 5.28 Å². The molecule has 2 unspecified atom stereocenters. The number of allylic oxidation sites excluding steroid dienone is 1. The molecule has 33 heavy (non-hydrogen) atoms. The molecule has 2 aliphatic rings. The van der Waals surface area contributed by atoms with E-state index >= 15 is 0 Å². The molecule has 1 saturated heterocycles. The van der Waals surface area contributed by atoms with Crippen molar-refractivity contribution in [1.82, 2.24) is 19.9 Å². The van der Waals surface area contributed by atoms with E-state index in [1.54, 1.807) is 12.4 Å². The second-order valence-corrected chi connectivity index (χ2v) is 9.58. The maximum Gasteiger partial charge on any atom is 0.224 e. The average Bonchev–Trinajstić information content (AvgIpc) is 3.48. The van der Waals surface area contributed by atoms with Crippen molar-refractivity contribution in [2.24, 2.45) is 22.6 Å². The summed E-state index contributed by atoms with van der Waals surface area (Å²) in [6.07, 6.45) is 13.8. The van der Waals surface area contributed by atoms with Crippen molar-refractivity contribution in [1.29, 1.82) is 0 Å². The third-order valence-electron chi connectivity index (χ3n) is 7.22. The molecule has 3 heterocycles. The van der Waals surface area contributed by atoms with Crippen molar-refractivity contribution >= 4 is 34.5 Å². The van der Waals surface area contributed by atoms with Crippen LogP contribution in [0.3, 0.4) is 0 Å². The summed E-state index contributed by atoms with van der Waals surface area (Å²) in [6.45, 7) is 2.93. The standard InChI is InChI=1S/C26H31ClN6/c27-26-31-16-22-23(24(28)10-13-30-15-18-4-2-1-3-5-18)17-33(25(22)32-26)21-7-6-20(14-21)19-8-11-29-12-9-19/h1-5,10,13,16-17,19-21,29H,6-9,11-12,14-15,28H2/b24-10-,30-13?. The largest absolute Gasteiger partial charge is 0.398 e. The highest BCUT2D eigenvalue weighted by atomic mass is 35.5. The minimum absolute atomic E-state index is 0.272. The Labute approximate surface area is 200 Å². The van der Waals surface area contributed by atoms with Gasteiger partial charge in [0.05, 0.1) is 6.54 Å². The summed E-state index contributed by atoms with van der Waals surface area (Å²) >= 11 is 6.19. The molecule has 1 aromatic carbocycles. The molecule has 0 amide bonds. The van der Waals surface area contributed by atoms with Crippen LogP contribution < -0.4 is 11.1 Å². The van der Waals surface area contributed by atoms with Gasteiger partial charge in [-0.05, 0) is 80.3 Å². The van der Waals surface area contributed by atoms with E-state index < -0.39 is 0 Å². The van der Waals surface area contributed by atoms with E-state index in [4.69, 9.17) is 17.3 Å². The van der Waals surface area contributed by atoms with Gasteiger partial charge in [-0.15, -0.1) is 0 Å². The predicted molar refractivity (Wildman–Crippen MR) is 135 cm³/mol. The fraction of sp³-hybridized carbons (Fsp3) is 0.423. The van der Waals surface area contributed by atoms with E-state index in [1.807, 2.05) is 24.3 Å². The number of fused-ring (bicyclic) bond motifs is 1. The van der Waals surface area contributed by atoms with Gasteiger partial charge in [0.15, 0.2) is 0 Å². The Morgan fingerprint density at radius 2 is 1.97 bits per heavy atom. The highest BCUT2D eigenvalue weighted by Gasteiger charge is 2.33. The molecule has 172 valence electrons. The molecule has 1 aliphatic heterocycles. The fourth-order valence-corrected chi connectivity index (χ4v) is 5.60. The monoisotopic (exact) mass is 462 g/mol. The Hall–Kier alpha value is -2.70. The Morgan fingerprint density at radius 1 is 1.15 bits per heavy atom. The van der Waals surface area contributed by atoms with Gasteiger partial charge in [0, 0.05) is 41.3 Å². The smallest absolute Gasteiger partial charge is 0.224 e. The first-order chi connectivity index (χ1) is 16.2. The zero-order valence-corrected chi connectivity index (χ0v) is 19.6. The quantitative estimate of drug-likeness (QED) is 0.399. The lowest BCUT2D eigenvalue weighted by Crippen LogP contribution is -2.31. The van der Waals surface area contributed by atoms with E-state index in [0.29, 0.717) is 18.3 Å². The van der Waals surface area contributed by atoms with Gasteiger partial charge in [-0.2, -0.15) is 4.98 Å². The molecular formula is C26H31ClN6. The molecule has 2 aromatic heterocycles. The van der Waals surface area contributed by atoms with Crippen LogP contribution in [0, 0.1) is 11.8 Å². The number of aromatic nitrogens is 3. The molecule has 1 aliphatic carbocycles. The number of nitrogens with one attached hydrogen (secondary N) is 1. The molecule has 1 saturated carbocycles. The lowest BCUT2D eigenvalue weighted by Gasteiger charge is -2.28. The van der Waals surface area contributed by atoms with Crippen LogP contribution in [0.15, 0.2) is 53.8 Å². The maximum absolute atomic E-state index is 6.50. The summed E-state index contributed by atoms with van der Waals surface area (Å²) in [7, 11) is 0.